The third-order valence-electron chi connectivity index (χ3n) is 4.23. The maximum atomic E-state index is 11.9. The monoisotopic (exact) mass is 293 g/mol. The van der Waals surface area contributed by atoms with Gasteiger partial charge < -0.3 is 4.74 Å². The van der Waals surface area contributed by atoms with E-state index in [1.807, 2.05) is 17.5 Å². The van der Waals surface area contributed by atoms with Crippen LogP contribution in [0.2, 0.25) is 5.15 Å². The lowest BCUT2D eigenvalue weighted by molar-refractivity contribution is -0.151. The van der Waals surface area contributed by atoms with Gasteiger partial charge in [0.25, 0.3) is 0 Å². The highest BCUT2D eigenvalue weighted by atomic mass is 35.5. The van der Waals surface area contributed by atoms with Gasteiger partial charge in [0.1, 0.15) is 11.3 Å². The molecule has 1 fully saturated rings. The van der Waals surface area contributed by atoms with Crippen LogP contribution in [0.15, 0.2) is 18.6 Å². The quantitative estimate of drug-likeness (QED) is 0.799. The van der Waals surface area contributed by atoms with Gasteiger partial charge in [0.15, 0.2) is 5.15 Å². The van der Waals surface area contributed by atoms with E-state index in [2.05, 4.69) is 9.97 Å². The van der Waals surface area contributed by atoms with Gasteiger partial charge in [-0.05, 0) is 26.2 Å². The van der Waals surface area contributed by atoms with Crippen molar-refractivity contribution in [3.63, 3.8) is 0 Å². The van der Waals surface area contributed by atoms with Crippen LogP contribution in [0.25, 0.3) is 5.52 Å². The molecule has 106 valence electrons. The summed E-state index contributed by atoms with van der Waals surface area (Å²) in [6, 6.07) is 0. The average Bonchev–Trinajstić information content (AvgIpc) is 3.03. The Morgan fingerprint density at radius 3 is 3.10 bits per heavy atom. The van der Waals surface area contributed by atoms with E-state index in [1.54, 1.807) is 12.4 Å². The Bertz CT molecular complexity index is 669. The van der Waals surface area contributed by atoms with Gasteiger partial charge in [-0.3, -0.25) is 9.20 Å². The Morgan fingerprint density at radius 2 is 2.35 bits per heavy atom. The molecule has 1 saturated carbocycles. The molecule has 6 heteroatoms. The number of imidazole rings is 1. The highest BCUT2D eigenvalue weighted by molar-refractivity contribution is 6.32. The van der Waals surface area contributed by atoms with Crippen LogP contribution >= 0.6 is 11.6 Å². The molecule has 0 aromatic carbocycles. The third kappa shape index (κ3) is 1.97. The number of hydrogen-bond acceptors (Lipinski definition) is 4. The molecule has 0 amide bonds. The van der Waals surface area contributed by atoms with Gasteiger partial charge >= 0.3 is 5.97 Å². The lowest BCUT2D eigenvalue weighted by Gasteiger charge is -2.20. The largest absolute Gasteiger partial charge is 0.469 e. The predicted octanol–water partition coefficient (Wildman–Crippen LogP) is 2.83. The van der Waals surface area contributed by atoms with Crippen molar-refractivity contribution in [1.82, 2.24) is 14.4 Å². The van der Waals surface area contributed by atoms with Gasteiger partial charge in [-0.25, -0.2) is 9.97 Å². The van der Waals surface area contributed by atoms with Gasteiger partial charge in [0.05, 0.1) is 18.7 Å². The molecule has 3 rings (SSSR count). The number of aromatic nitrogens is 3. The minimum absolute atomic E-state index is 0.138. The molecule has 0 aliphatic heterocycles. The second-order valence-electron chi connectivity index (χ2n) is 5.58. The minimum atomic E-state index is -0.415. The molecule has 0 saturated heterocycles. The second kappa shape index (κ2) is 4.74. The summed E-state index contributed by atoms with van der Waals surface area (Å²) in [5, 5.41) is 0.444. The van der Waals surface area contributed by atoms with Crippen LogP contribution in [0.5, 0.6) is 0 Å². The number of ether oxygens (including phenoxy) is 1. The smallest absolute Gasteiger partial charge is 0.311 e. The Labute approximate surface area is 121 Å². The Morgan fingerprint density at radius 1 is 1.55 bits per heavy atom. The number of carbonyl (C=O) groups is 1. The van der Waals surface area contributed by atoms with Crippen molar-refractivity contribution in [2.24, 2.45) is 5.41 Å². The van der Waals surface area contributed by atoms with Crippen LogP contribution in [0, 0.1) is 5.41 Å². The average molecular weight is 294 g/mol. The predicted molar refractivity (Wildman–Crippen MR) is 74.7 cm³/mol. The van der Waals surface area contributed by atoms with Crippen LogP contribution in [-0.2, 0) is 9.53 Å². The fraction of sp³-hybridized carbons (Fsp3) is 0.500. The molecule has 5 nitrogen and oxygen atoms in total. The first-order chi connectivity index (χ1) is 9.55. The van der Waals surface area contributed by atoms with E-state index in [-0.39, 0.29) is 11.9 Å². The summed E-state index contributed by atoms with van der Waals surface area (Å²) in [6.45, 7) is 1.96. The fourth-order valence-corrected chi connectivity index (χ4v) is 3.31. The van der Waals surface area contributed by atoms with Crippen molar-refractivity contribution in [3.8, 4) is 0 Å². The molecular formula is C14H16ClN3O2. The summed E-state index contributed by atoms with van der Waals surface area (Å²) in [6.07, 6.45) is 7.74. The molecule has 0 bridgehead atoms. The summed E-state index contributed by atoms with van der Waals surface area (Å²) in [5.74, 6) is 1.04. The molecule has 2 aromatic rings. The van der Waals surface area contributed by atoms with E-state index in [0.717, 1.165) is 30.6 Å². The van der Waals surface area contributed by atoms with Crippen molar-refractivity contribution < 1.29 is 9.53 Å². The number of halogens is 1. The number of methoxy groups -OCH3 is 1. The zero-order valence-corrected chi connectivity index (χ0v) is 12.2. The first kappa shape index (κ1) is 13.4. The second-order valence-corrected chi connectivity index (χ2v) is 5.94. The van der Waals surface area contributed by atoms with Gasteiger partial charge in [-0.15, -0.1) is 0 Å². The minimum Gasteiger partial charge on any atom is -0.469 e. The van der Waals surface area contributed by atoms with E-state index < -0.39 is 5.41 Å². The maximum absolute atomic E-state index is 11.9. The number of rotatable bonds is 2. The van der Waals surface area contributed by atoms with Gasteiger partial charge in [-0.2, -0.15) is 0 Å². The molecule has 20 heavy (non-hydrogen) atoms. The van der Waals surface area contributed by atoms with E-state index in [0.29, 0.717) is 5.15 Å². The summed E-state index contributed by atoms with van der Waals surface area (Å²) < 4.78 is 6.87. The highest BCUT2D eigenvalue weighted by Gasteiger charge is 2.43. The molecule has 0 spiro atoms. The lowest BCUT2D eigenvalue weighted by Crippen LogP contribution is -2.26. The molecular weight excluding hydrogens is 278 g/mol. The molecule has 0 unspecified atom stereocenters. The van der Waals surface area contributed by atoms with Crippen LogP contribution in [0.1, 0.15) is 37.9 Å². The van der Waals surface area contributed by atoms with Crippen LogP contribution < -0.4 is 0 Å². The Balaban J connectivity index is 1.94. The van der Waals surface area contributed by atoms with E-state index >= 15 is 0 Å². The molecule has 0 N–H and O–H groups in total. The lowest BCUT2D eigenvalue weighted by atomic mass is 9.88. The normalized spacial score (nSPS) is 26.1. The van der Waals surface area contributed by atoms with Gasteiger partial charge in [-0.1, -0.05) is 11.6 Å². The molecule has 1 aliphatic carbocycles. The number of fused-ring (bicyclic) bond motifs is 1. The van der Waals surface area contributed by atoms with Gasteiger partial charge in [0, 0.05) is 18.3 Å². The first-order valence-corrected chi connectivity index (χ1v) is 6.99. The van der Waals surface area contributed by atoms with E-state index in [4.69, 9.17) is 16.3 Å². The number of esters is 1. The number of nitrogens with zero attached hydrogens (tertiary/aromatic N) is 3. The SMILES string of the molecule is COC(=O)[C@]1(C)CC[C@@H](c2ncc3c(Cl)nccn23)C1. The number of hydrogen-bond donors (Lipinski definition) is 0. The first-order valence-electron chi connectivity index (χ1n) is 6.61. The standard InChI is InChI=1S/C14H16ClN3O2/c1-14(13(19)20-2)4-3-9(7-14)12-17-8-10-11(15)16-5-6-18(10)12/h5-6,8-9H,3-4,7H2,1-2H3/t9-,14-/m1/s1. The maximum Gasteiger partial charge on any atom is 0.311 e. The zero-order chi connectivity index (χ0) is 14.3. The van der Waals surface area contributed by atoms with Crippen molar-refractivity contribution in [2.45, 2.75) is 32.1 Å². The van der Waals surface area contributed by atoms with Crippen molar-refractivity contribution in [2.75, 3.05) is 7.11 Å². The molecule has 2 atom stereocenters. The van der Waals surface area contributed by atoms with Crippen molar-refractivity contribution in [3.05, 3.63) is 29.6 Å². The molecule has 2 heterocycles. The zero-order valence-electron chi connectivity index (χ0n) is 11.5. The molecule has 2 aromatic heterocycles. The number of carbonyl (C=O) groups excluding carboxylic acids is 1. The molecule has 1 aliphatic rings. The fourth-order valence-electron chi connectivity index (χ4n) is 3.11. The van der Waals surface area contributed by atoms with Crippen LogP contribution in [-0.4, -0.2) is 27.4 Å². The van der Waals surface area contributed by atoms with Crippen molar-refractivity contribution in [1.29, 1.82) is 0 Å². The summed E-state index contributed by atoms with van der Waals surface area (Å²) in [7, 11) is 1.44. The summed E-state index contributed by atoms with van der Waals surface area (Å²) in [4.78, 5) is 20.4. The van der Waals surface area contributed by atoms with Gasteiger partial charge in [0.2, 0.25) is 0 Å². The highest BCUT2D eigenvalue weighted by Crippen LogP contribution is 2.46. The Kier molecular flexibility index (Phi) is 3.17. The van der Waals surface area contributed by atoms with E-state index in [9.17, 15) is 4.79 Å². The molecule has 0 radical (unpaired) electrons. The van der Waals surface area contributed by atoms with E-state index in [1.165, 1.54) is 7.11 Å². The van der Waals surface area contributed by atoms with Crippen LogP contribution in [0.4, 0.5) is 0 Å². The third-order valence-corrected chi connectivity index (χ3v) is 4.52. The summed E-state index contributed by atoms with van der Waals surface area (Å²) >= 11 is 6.06. The summed E-state index contributed by atoms with van der Waals surface area (Å²) in [5.41, 5.74) is 0.387. The van der Waals surface area contributed by atoms with Crippen LogP contribution in [0.3, 0.4) is 0 Å². The van der Waals surface area contributed by atoms with Crippen molar-refractivity contribution >= 4 is 23.1 Å². The topological polar surface area (TPSA) is 56.5 Å². The Hall–Kier alpha value is -1.62.